The highest BCUT2D eigenvalue weighted by molar-refractivity contribution is 5.85. The van der Waals surface area contributed by atoms with Gasteiger partial charge in [-0.05, 0) is 19.1 Å². The Balaban J connectivity index is 2.04. The summed E-state index contributed by atoms with van der Waals surface area (Å²) in [6, 6.07) is 6.50. The second kappa shape index (κ2) is 6.53. The van der Waals surface area contributed by atoms with Gasteiger partial charge in [0.1, 0.15) is 5.75 Å². The number of aromatic amines is 2. The maximum absolute atomic E-state index is 11.7. The van der Waals surface area contributed by atoms with Gasteiger partial charge in [0.25, 0.3) is 5.56 Å². The molecule has 0 unspecified atom stereocenters. The number of benzene rings is 1. The minimum Gasteiger partial charge on any atom is -0.507 e. The van der Waals surface area contributed by atoms with Crippen molar-refractivity contribution in [1.82, 2.24) is 15.4 Å². The molecular formula is C14H14N4O4. The Bertz CT molecular complexity index is 835. The summed E-state index contributed by atoms with van der Waals surface area (Å²) in [5, 5.41) is 13.2. The van der Waals surface area contributed by atoms with Crippen molar-refractivity contribution in [2.75, 3.05) is 0 Å². The summed E-state index contributed by atoms with van der Waals surface area (Å²) < 4.78 is 0. The molecule has 114 valence electrons. The fourth-order valence-electron chi connectivity index (χ4n) is 1.81. The summed E-state index contributed by atoms with van der Waals surface area (Å²) >= 11 is 0. The van der Waals surface area contributed by atoms with E-state index in [1.54, 1.807) is 18.2 Å². The van der Waals surface area contributed by atoms with Crippen molar-refractivity contribution in [2.45, 2.75) is 13.3 Å². The average Bonchev–Trinajstić information content (AvgIpc) is 2.45. The predicted molar refractivity (Wildman–Crippen MR) is 80.0 cm³/mol. The zero-order valence-corrected chi connectivity index (χ0v) is 11.7. The van der Waals surface area contributed by atoms with E-state index >= 15 is 0 Å². The van der Waals surface area contributed by atoms with E-state index < -0.39 is 17.2 Å². The van der Waals surface area contributed by atoms with Crippen LogP contribution in [0.4, 0.5) is 0 Å². The number of rotatable bonds is 4. The third kappa shape index (κ3) is 3.69. The van der Waals surface area contributed by atoms with Gasteiger partial charge >= 0.3 is 5.69 Å². The monoisotopic (exact) mass is 302 g/mol. The standard InChI is InChI=1S/C14H14N4O4/c1-8-10(13(21)17-14(22)16-8)6-12(20)18-15-7-9-4-2-3-5-11(9)19/h2-5,7,19H,6H2,1H3,(H,18,20)(H2,16,17,21,22)/b15-7-. The van der Waals surface area contributed by atoms with Crippen LogP contribution in [-0.4, -0.2) is 27.2 Å². The minimum absolute atomic E-state index is 0.0356. The quantitative estimate of drug-likeness (QED) is 0.459. The van der Waals surface area contributed by atoms with Crippen LogP contribution in [0.1, 0.15) is 16.8 Å². The van der Waals surface area contributed by atoms with Gasteiger partial charge in [-0.1, -0.05) is 12.1 Å². The third-order valence-electron chi connectivity index (χ3n) is 2.92. The van der Waals surface area contributed by atoms with E-state index in [9.17, 15) is 19.5 Å². The van der Waals surface area contributed by atoms with Crippen LogP contribution in [0, 0.1) is 6.92 Å². The number of hydrazone groups is 1. The molecule has 0 bridgehead atoms. The summed E-state index contributed by atoms with van der Waals surface area (Å²) in [5.41, 5.74) is 1.95. The van der Waals surface area contributed by atoms with Crippen molar-refractivity contribution in [3.8, 4) is 5.75 Å². The number of aryl methyl sites for hydroxylation is 1. The van der Waals surface area contributed by atoms with Crippen LogP contribution in [0.2, 0.25) is 0 Å². The van der Waals surface area contributed by atoms with Gasteiger partial charge in [-0.25, -0.2) is 10.2 Å². The van der Waals surface area contributed by atoms with Gasteiger partial charge in [-0.2, -0.15) is 5.10 Å². The van der Waals surface area contributed by atoms with Crippen molar-refractivity contribution in [3.63, 3.8) is 0 Å². The van der Waals surface area contributed by atoms with Gasteiger partial charge in [-0.3, -0.25) is 14.6 Å². The number of hydrogen-bond donors (Lipinski definition) is 4. The van der Waals surface area contributed by atoms with Crippen LogP contribution in [0.15, 0.2) is 39.0 Å². The first-order valence-corrected chi connectivity index (χ1v) is 6.39. The van der Waals surface area contributed by atoms with Crippen LogP contribution in [-0.2, 0) is 11.2 Å². The molecule has 0 saturated heterocycles. The number of carbonyl (C=O) groups excluding carboxylic acids is 1. The number of nitrogens with zero attached hydrogens (tertiary/aromatic N) is 1. The highest BCUT2D eigenvalue weighted by atomic mass is 16.3. The van der Waals surface area contributed by atoms with E-state index in [1.807, 2.05) is 0 Å². The summed E-state index contributed by atoms with van der Waals surface area (Å²) in [6.07, 6.45) is 1.06. The van der Waals surface area contributed by atoms with E-state index in [-0.39, 0.29) is 17.7 Å². The molecule has 0 saturated carbocycles. The average molecular weight is 302 g/mol. The lowest BCUT2D eigenvalue weighted by Crippen LogP contribution is -2.30. The number of amides is 1. The Hall–Kier alpha value is -3.16. The second-order valence-electron chi connectivity index (χ2n) is 4.54. The van der Waals surface area contributed by atoms with Crippen molar-refractivity contribution in [3.05, 3.63) is 61.9 Å². The number of aromatic hydroxyl groups is 1. The molecule has 4 N–H and O–H groups in total. The molecule has 0 spiro atoms. The van der Waals surface area contributed by atoms with Gasteiger partial charge < -0.3 is 10.1 Å². The topological polar surface area (TPSA) is 127 Å². The summed E-state index contributed by atoms with van der Waals surface area (Å²) in [6.45, 7) is 1.53. The number of hydrogen-bond acceptors (Lipinski definition) is 5. The van der Waals surface area contributed by atoms with Crippen LogP contribution in [0.25, 0.3) is 0 Å². The molecule has 1 aromatic heterocycles. The van der Waals surface area contributed by atoms with Crippen molar-refractivity contribution in [2.24, 2.45) is 5.10 Å². The summed E-state index contributed by atoms with van der Waals surface area (Å²) in [7, 11) is 0. The molecule has 8 nitrogen and oxygen atoms in total. The number of aromatic nitrogens is 2. The predicted octanol–water partition coefficient (Wildman–Crippen LogP) is -0.230. The molecule has 0 aliphatic heterocycles. The van der Waals surface area contributed by atoms with E-state index in [1.165, 1.54) is 19.2 Å². The van der Waals surface area contributed by atoms with E-state index in [0.29, 0.717) is 11.3 Å². The van der Waals surface area contributed by atoms with Crippen LogP contribution >= 0.6 is 0 Å². The van der Waals surface area contributed by atoms with Gasteiger partial charge in [-0.15, -0.1) is 0 Å². The van der Waals surface area contributed by atoms with Crippen LogP contribution in [0.3, 0.4) is 0 Å². The van der Waals surface area contributed by atoms with Crippen LogP contribution < -0.4 is 16.7 Å². The number of phenolic OH excluding ortho intramolecular Hbond substituents is 1. The summed E-state index contributed by atoms with van der Waals surface area (Å²) in [5.74, 6) is -0.485. The number of nitrogens with one attached hydrogen (secondary N) is 3. The number of phenols is 1. The lowest BCUT2D eigenvalue weighted by Gasteiger charge is -2.03. The first-order valence-electron chi connectivity index (χ1n) is 6.39. The molecule has 22 heavy (non-hydrogen) atoms. The number of H-pyrrole nitrogens is 2. The number of para-hydroxylation sites is 1. The summed E-state index contributed by atoms with van der Waals surface area (Å²) in [4.78, 5) is 38.9. The zero-order chi connectivity index (χ0) is 16.1. The normalized spacial score (nSPS) is 10.8. The SMILES string of the molecule is Cc1[nH]c(=O)[nH]c(=O)c1CC(=O)N/N=C\c1ccccc1O. The van der Waals surface area contributed by atoms with E-state index in [2.05, 4.69) is 20.5 Å². The largest absolute Gasteiger partial charge is 0.507 e. The minimum atomic E-state index is -0.621. The number of carbonyl (C=O) groups is 1. The fourth-order valence-corrected chi connectivity index (χ4v) is 1.81. The highest BCUT2D eigenvalue weighted by Gasteiger charge is 2.10. The Morgan fingerprint density at radius 3 is 2.73 bits per heavy atom. The molecule has 2 aromatic rings. The Morgan fingerprint density at radius 1 is 1.32 bits per heavy atom. The molecule has 0 aliphatic carbocycles. The van der Waals surface area contributed by atoms with Gasteiger partial charge in [0.15, 0.2) is 0 Å². The third-order valence-corrected chi connectivity index (χ3v) is 2.92. The smallest absolute Gasteiger partial charge is 0.325 e. The second-order valence-corrected chi connectivity index (χ2v) is 4.54. The molecule has 1 aromatic carbocycles. The lowest BCUT2D eigenvalue weighted by atomic mass is 10.1. The molecule has 1 amide bonds. The molecule has 0 fully saturated rings. The van der Waals surface area contributed by atoms with Crippen molar-refractivity contribution >= 4 is 12.1 Å². The molecule has 2 rings (SSSR count). The van der Waals surface area contributed by atoms with Gasteiger partial charge in [0, 0.05) is 16.8 Å². The maximum atomic E-state index is 11.7. The fraction of sp³-hybridized carbons (Fsp3) is 0.143. The van der Waals surface area contributed by atoms with E-state index in [4.69, 9.17) is 0 Å². The molecule has 0 aliphatic rings. The molecule has 0 atom stereocenters. The highest BCUT2D eigenvalue weighted by Crippen LogP contribution is 2.12. The Kier molecular flexibility index (Phi) is 4.52. The van der Waals surface area contributed by atoms with Gasteiger partial charge in [0.2, 0.25) is 5.91 Å². The first kappa shape index (κ1) is 15.2. The first-order chi connectivity index (χ1) is 10.5. The van der Waals surface area contributed by atoms with Gasteiger partial charge in [0.05, 0.1) is 12.6 Å². The Labute approximate surface area is 124 Å². The maximum Gasteiger partial charge on any atom is 0.325 e. The van der Waals surface area contributed by atoms with Crippen LogP contribution in [0.5, 0.6) is 5.75 Å². The zero-order valence-electron chi connectivity index (χ0n) is 11.7. The molecule has 1 heterocycles. The molecule has 0 radical (unpaired) electrons. The lowest BCUT2D eigenvalue weighted by molar-refractivity contribution is -0.120. The van der Waals surface area contributed by atoms with E-state index in [0.717, 1.165) is 0 Å². The Morgan fingerprint density at radius 2 is 2.05 bits per heavy atom. The molecular weight excluding hydrogens is 288 g/mol. The van der Waals surface area contributed by atoms with Crippen molar-refractivity contribution in [1.29, 1.82) is 0 Å². The van der Waals surface area contributed by atoms with Crippen molar-refractivity contribution < 1.29 is 9.90 Å². The molecule has 8 heteroatoms.